The zero-order valence-electron chi connectivity index (χ0n) is 15.9. The summed E-state index contributed by atoms with van der Waals surface area (Å²) in [6.07, 6.45) is 3.96. The summed E-state index contributed by atoms with van der Waals surface area (Å²) < 4.78 is 0. The molecule has 0 spiro atoms. The van der Waals surface area contributed by atoms with E-state index in [1.54, 1.807) is 14.1 Å². The van der Waals surface area contributed by atoms with Gasteiger partial charge in [0.1, 0.15) is 0 Å². The van der Waals surface area contributed by atoms with Gasteiger partial charge >= 0.3 is 0 Å². The fraction of sp³-hybridized carbons (Fsp3) is 0.824. The lowest BCUT2D eigenvalue weighted by molar-refractivity contribution is -0.122. The number of carbonyl (C=O) groups is 2. The van der Waals surface area contributed by atoms with Crippen LogP contribution in [0.5, 0.6) is 0 Å². The molecule has 0 aromatic carbocycles. The molecule has 3 N–H and O–H groups in total. The minimum Gasteiger partial charge on any atom is -0.359 e. The van der Waals surface area contributed by atoms with E-state index in [2.05, 4.69) is 32.8 Å². The van der Waals surface area contributed by atoms with Crippen molar-refractivity contribution in [3.8, 4) is 0 Å². The first-order chi connectivity index (χ1) is 11.5. The van der Waals surface area contributed by atoms with Gasteiger partial charge in [-0.15, -0.1) is 24.0 Å². The lowest BCUT2D eigenvalue weighted by Gasteiger charge is -2.34. The van der Waals surface area contributed by atoms with Gasteiger partial charge in [0.05, 0.1) is 0 Å². The van der Waals surface area contributed by atoms with Crippen LogP contribution in [0.1, 0.15) is 46.0 Å². The molecule has 25 heavy (non-hydrogen) atoms. The maximum Gasteiger partial charge on any atom is 0.221 e. The van der Waals surface area contributed by atoms with Gasteiger partial charge < -0.3 is 20.9 Å². The largest absolute Gasteiger partial charge is 0.359 e. The maximum absolute atomic E-state index is 11.8. The first-order valence-electron chi connectivity index (χ1n) is 8.95. The molecule has 7 nitrogen and oxygen atoms in total. The average Bonchev–Trinajstić information content (AvgIpc) is 2.59. The first kappa shape index (κ1) is 23.9. The summed E-state index contributed by atoms with van der Waals surface area (Å²) in [5.74, 6) is 1.46. The lowest BCUT2D eigenvalue weighted by Crippen LogP contribution is -2.47. The Labute approximate surface area is 168 Å². The summed E-state index contributed by atoms with van der Waals surface area (Å²) >= 11 is 0. The number of hydrogen-bond donors (Lipinski definition) is 3. The topological polar surface area (TPSA) is 85.8 Å². The molecular weight excluding hydrogens is 433 g/mol. The van der Waals surface area contributed by atoms with Gasteiger partial charge in [-0.1, -0.05) is 6.92 Å². The van der Waals surface area contributed by atoms with Crippen LogP contribution < -0.4 is 16.0 Å². The van der Waals surface area contributed by atoms with Crippen molar-refractivity contribution in [1.29, 1.82) is 0 Å². The number of nitrogens with one attached hydrogen (secondary N) is 3. The highest BCUT2D eigenvalue weighted by Gasteiger charge is 2.23. The number of carbonyl (C=O) groups excluding carboxylic acids is 2. The number of hydrogen-bond acceptors (Lipinski definition) is 3. The van der Waals surface area contributed by atoms with Gasteiger partial charge in [0.2, 0.25) is 11.8 Å². The highest BCUT2D eigenvalue weighted by molar-refractivity contribution is 14.0. The maximum atomic E-state index is 11.8. The van der Waals surface area contributed by atoms with Crippen molar-refractivity contribution in [2.24, 2.45) is 10.9 Å². The van der Waals surface area contributed by atoms with Crippen LogP contribution in [0, 0.1) is 5.92 Å². The van der Waals surface area contributed by atoms with Gasteiger partial charge in [-0.25, -0.2) is 0 Å². The number of rotatable bonds is 7. The van der Waals surface area contributed by atoms with E-state index in [-0.39, 0.29) is 41.8 Å². The minimum absolute atomic E-state index is 0. The number of amides is 2. The van der Waals surface area contributed by atoms with Gasteiger partial charge in [0.25, 0.3) is 0 Å². The van der Waals surface area contributed by atoms with Crippen molar-refractivity contribution in [3.05, 3.63) is 0 Å². The van der Waals surface area contributed by atoms with Crippen LogP contribution in [0.25, 0.3) is 0 Å². The molecule has 1 aliphatic rings. The Kier molecular flexibility index (Phi) is 12.6. The zero-order valence-corrected chi connectivity index (χ0v) is 18.3. The second-order valence-corrected chi connectivity index (χ2v) is 6.41. The second kappa shape index (κ2) is 13.2. The molecule has 0 saturated carbocycles. The SMILES string of the molecule is CCC(C)NC(=O)CCNC(=NC)N1CCC(CC(=O)NC)CC1.I. The van der Waals surface area contributed by atoms with E-state index in [0.29, 0.717) is 25.3 Å². The van der Waals surface area contributed by atoms with Crippen LogP contribution in [0.4, 0.5) is 0 Å². The van der Waals surface area contributed by atoms with E-state index >= 15 is 0 Å². The monoisotopic (exact) mass is 467 g/mol. The van der Waals surface area contributed by atoms with Gasteiger partial charge in [-0.3, -0.25) is 14.6 Å². The number of aliphatic imine (C=N–C) groups is 1. The molecule has 2 amide bonds. The summed E-state index contributed by atoms with van der Waals surface area (Å²) in [6.45, 7) is 6.42. The van der Waals surface area contributed by atoms with Gasteiger partial charge in [0, 0.05) is 52.6 Å². The van der Waals surface area contributed by atoms with Crippen LogP contribution in [-0.2, 0) is 9.59 Å². The van der Waals surface area contributed by atoms with Crippen molar-refractivity contribution in [2.75, 3.05) is 33.7 Å². The molecule has 1 heterocycles. The van der Waals surface area contributed by atoms with Crippen LogP contribution in [0.15, 0.2) is 4.99 Å². The lowest BCUT2D eigenvalue weighted by atomic mass is 9.93. The predicted molar refractivity (Wildman–Crippen MR) is 112 cm³/mol. The molecule has 1 fully saturated rings. The Balaban J connectivity index is 0.00000576. The number of likely N-dealkylation sites (tertiary alicyclic amines) is 1. The molecule has 1 aliphatic heterocycles. The molecule has 1 saturated heterocycles. The summed E-state index contributed by atoms with van der Waals surface area (Å²) in [7, 11) is 3.44. The van der Waals surface area contributed by atoms with Gasteiger partial charge in [0.15, 0.2) is 5.96 Å². The van der Waals surface area contributed by atoms with Crippen molar-refractivity contribution >= 4 is 41.8 Å². The smallest absolute Gasteiger partial charge is 0.221 e. The molecule has 0 aliphatic carbocycles. The molecule has 1 unspecified atom stereocenters. The summed E-state index contributed by atoms with van der Waals surface area (Å²) in [5, 5.41) is 8.91. The summed E-state index contributed by atoms with van der Waals surface area (Å²) in [4.78, 5) is 29.8. The Morgan fingerprint density at radius 3 is 2.40 bits per heavy atom. The second-order valence-electron chi connectivity index (χ2n) is 6.41. The van der Waals surface area contributed by atoms with E-state index in [9.17, 15) is 9.59 Å². The highest BCUT2D eigenvalue weighted by Crippen LogP contribution is 2.20. The molecule has 0 aromatic heterocycles. The van der Waals surface area contributed by atoms with Crippen LogP contribution in [0.2, 0.25) is 0 Å². The Bertz CT molecular complexity index is 437. The van der Waals surface area contributed by atoms with Crippen molar-refractivity contribution in [3.63, 3.8) is 0 Å². The van der Waals surface area contributed by atoms with Crippen LogP contribution >= 0.6 is 24.0 Å². The number of nitrogens with zero attached hydrogens (tertiary/aromatic N) is 2. The third kappa shape index (κ3) is 9.27. The van der Waals surface area contributed by atoms with E-state index in [4.69, 9.17) is 0 Å². The molecule has 0 bridgehead atoms. The fourth-order valence-electron chi connectivity index (χ4n) is 2.78. The van der Waals surface area contributed by atoms with Crippen LogP contribution in [-0.4, -0.2) is 62.4 Å². The Hall–Kier alpha value is -1.06. The van der Waals surface area contributed by atoms with E-state index in [1.807, 2.05) is 6.92 Å². The molecule has 0 aromatic rings. The zero-order chi connectivity index (χ0) is 17.9. The van der Waals surface area contributed by atoms with E-state index in [1.165, 1.54) is 0 Å². The molecule has 1 rings (SSSR count). The van der Waals surface area contributed by atoms with Gasteiger partial charge in [-0.05, 0) is 32.1 Å². The van der Waals surface area contributed by atoms with E-state index < -0.39 is 0 Å². The Morgan fingerprint density at radius 2 is 1.88 bits per heavy atom. The van der Waals surface area contributed by atoms with Crippen molar-refractivity contribution < 1.29 is 9.59 Å². The normalized spacial score (nSPS) is 16.6. The molecular formula is C17H34IN5O2. The third-order valence-electron chi connectivity index (χ3n) is 4.53. The fourth-order valence-corrected chi connectivity index (χ4v) is 2.78. The van der Waals surface area contributed by atoms with Crippen molar-refractivity contribution in [2.45, 2.75) is 52.0 Å². The Morgan fingerprint density at radius 1 is 1.24 bits per heavy atom. The van der Waals surface area contributed by atoms with Crippen molar-refractivity contribution in [1.82, 2.24) is 20.9 Å². The standard InChI is InChI=1S/C17H33N5O2.HI/c1-5-13(2)21-15(23)6-9-20-17(19-4)22-10-7-14(8-11-22)12-16(24)18-3;/h13-14H,5-12H2,1-4H3,(H,18,24)(H,19,20)(H,21,23);1H. The number of piperidine rings is 1. The highest BCUT2D eigenvalue weighted by atomic mass is 127. The summed E-state index contributed by atoms with van der Waals surface area (Å²) in [5.41, 5.74) is 0. The molecule has 146 valence electrons. The third-order valence-corrected chi connectivity index (χ3v) is 4.53. The molecule has 0 radical (unpaired) electrons. The van der Waals surface area contributed by atoms with Gasteiger partial charge in [-0.2, -0.15) is 0 Å². The quantitative estimate of drug-likeness (QED) is 0.300. The summed E-state index contributed by atoms with van der Waals surface area (Å²) in [6, 6.07) is 0.219. The number of halogens is 1. The molecule has 8 heteroatoms. The molecule has 1 atom stereocenters. The first-order valence-corrected chi connectivity index (χ1v) is 8.95. The predicted octanol–water partition coefficient (Wildman–Crippen LogP) is 1.33. The average molecular weight is 467 g/mol. The van der Waals surface area contributed by atoms with Crippen LogP contribution in [0.3, 0.4) is 0 Å². The van der Waals surface area contributed by atoms with E-state index in [0.717, 1.165) is 38.3 Å². The number of guanidine groups is 1. The minimum atomic E-state index is 0.